The van der Waals surface area contributed by atoms with Gasteiger partial charge in [-0.3, -0.25) is 4.79 Å². The summed E-state index contributed by atoms with van der Waals surface area (Å²) in [6.45, 7) is 2.78. The largest absolute Gasteiger partial charge is 0.479 e. The summed E-state index contributed by atoms with van der Waals surface area (Å²) in [6.07, 6.45) is 3.22. The molecule has 1 amide bonds. The first-order valence-electron chi connectivity index (χ1n) is 5.06. The SMILES string of the molecule is CCCCCNC(=O)c1cc(OC)no1. The van der Waals surface area contributed by atoms with Gasteiger partial charge in [0.2, 0.25) is 5.76 Å². The van der Waals surface area contributed by atoms with Crippen molar-refractivity contribution in [1.29, 1.82) is 0 Å². The molecule has 5 nitrogen and oxygen atoms in total. The first-order valence-corrected chi connectivity index (χ1v) is 5.06. The van der Waals surface area contributed by atoms with Crippen molar-refractivity contribution in [2.45, 2.75) is 26.2 Å². The van der Waals surface area contributed by atoms with Gasteiger partial charge < -0.3 is 14.6 Å². The van der Waals surface area contributed by atoms with Gasteiger partial charge in [0.1, 0.15) is 0 Å². The van der Waals surface area contributed by atoms with E-state index in [-0.39, 0.29) is 11.7 Å². The number of aromatic nitrogens is 1. The number of carbonyl (C=O) groups excluding carboxylic acids is 1. The van der Waals surface area contributed by atoms with Crippen molar-refractivity contribution in [3.05, 3.63) is 11.8 Å². The molecule has 1 aromatic rings. The van der Waals surface area contributed by atoms with E-state index in [1.807, 2.05) is 0 Å². The molecule has 0 aliphatic rings. The van der Waals surface area contributed by atoms with Gasteiger partial charge in [0.25, 0.3) is 11.8 Å². The van der Waals surface area contributed by atoms with E-state index < -0.39 is 0 Å². The van der Waals surface area contributed by atoms with Crippen LogP contribution >= 0.6 is 0 Å². The molecule has 0 unspecified atom stereocenters. The summed E-state index contributed by atoms with van der Waals surface area (Å²) in [5.41, 5.74) is 0. The number of nitrogens with zero attached hydrogens (tertiary/aromatic N) is 1. The summed E-state index contributed by atoms with van der Waals surface area (Å²) in [7, 11) is 1.47. The zero-order chi connectivity index (χ0) is 11.1. The molecule has 0 saturated heterocycles. The van der Waals surface area contributed by atoms with Crippen molar-refractivity contribution in [1.82, 2.24) is 10.5 Å². The number of unbranched alkanes of at least 4 members (excludes halogenated alkanes) is 2. The van der Waals surface area contributed by atoms with Gasteiger partial charge in [0.15, 0.2) is 0 Å². The molecule has 1 aromatic heterocycles. The molecule has 0 bridgehead atoms. The molecule has 0 spiro atoms. The molecule has 1 rings (SSSR count). The van der Waals surface area contributed by atoms with Crippen LogP contribution in [-0.2, 0) is 0 Å². The van der Waals surface area contributed by atoms with Crippen LogP contribution in [0.3, 0.4) is 0 Å². The van der Waals surface area contributed by atoms with Crippen molar-refractivity contribution >= 4 is 5.91 Å². The number of hydrogen-bond donors (Lipinski definition) is 1. The Kier molecular flexibility index (Phi) is 4.66. The van der Waals surface area contributed by atoms with Gasteiger partial charge in [0.05, 0.1) is 13.2 Å². The summed E-state index contributed by atoms with van der Waals surface area (Å²) in [5.74, 6) is 0.249. The third-order valence-corrected chi connectivity index (χ3v) is 1.99. The molecule has 15 heavy (non-hydrogen) atoms. The maximum Gasteiger partial charge on any atom is 0.290 e. The number of rotatable bonds is 6. The van der Waals surface area contributed by atoms with E-state index in [0.717, 1.165) is 19.3 Å². The monoisotopic (exact) mass is 212 g/mol. The Morgan fingerprint density at radius 1 is 1.60 bits per heavy atom. The molecule has 0 atom stereocenters. The van der Waals surface area contributed by atoms with Crippen molar-refractivity contribution in [2.24, 2.45) is 0 Å². The Morgan fingerprint density at radius 2 is 2.40 bits per heavy atom. The first kappa shape index (κ1) is 11.6. The van der Waals surface area contributed by atoms with E-state index in [1.165, 1.54) is 13.2 Å². The van der Waals surface area contributed by atoms with Gasteiger partial charge in [-0.15, -0.1) is 0 Å². The highest BCUT2D eigenvalue weighted by Gasteiger charge is 2.12. The minimum atomic E-state index is -0.248. The highest BCUT2D eigenvalue weighted by Crippen LogP contribution is 2.09. The predicted octanol–water partition coefficient (Wildman–Crippen LogP) is 1.60. The topological polar surface area (TPSA) is 64.4 Å². The number of amides is 1. The summed E-state index contributed by atoms with van der Waals surface area (Å²) in [6, 6.07) is 1.47. The molecular formula is C10H16N2O3. The number of nitrogens with one attached hydrogen (secondary N) is 1. The molecule has 0 aliphatic heterocycles. The van der Waals surface area contributed by atoms with Crippen LogP contribution in [-0.4, -0.2) is 24.7 Å². The molecule has 0 aromatic carbocycles. The van der Waals surface area contributed by atoms with Crippen LogP contribution in [0.5, 0.6) is 5.88 Å². The Hall–Kier alpha value is -1.52. The van der Waals surface area contributed by atoms with E-state index in [4.69, 9.17) is 9.26 Å². The second kappa shape index (κ2) is 6.06. The molecular weight excluding hydrogens is 196 g/mol. The molecule has 0 aliphatic carbocycles. The van der Waals surface area contributed by atoms with Crippen LogP contribution in [0.15, 0.2) is 10.6 Å². The summed E-state index contributed by atoms with van der Waals surface area (Å²) in [5, 5.41) is 6.29. The van der Waals surface area contributed by atoms with Crippen LogP contribution in [0.1, 0.15) is 36.7 Å². The fraction of sp³-hybridized carbons (Fsp3) is 0.600. The van der Waals surface area contributed by atoms with E-state index in [9.17, 15) is 4.79 Å². The fourth-order valence-corrected chi connectivity index (χ4v) is 1.13. The minimum absolute atomic E-state index is 0.184. The van der Waals surface area contributed by atoms with Gasteiger partial charge in [0, 0.05) is 6.54 Å². The average molecular weight is 212 g/mol. The molecule has 84 valence electrons. The number of hydrogen-bond acceptors (Lipinski definition) is 4. The lowest BCUT2D eigenvalue weighted by molar-refractivity contribution is 0.0916. The fourth-order valence-electron chi connectivity index (χ4n) is 1.13. The maximum absolute atomic E-state index is 11.4. The molecule has 0 fully saturated rings. The number of ether oxygens (including phenoxy) is 1. The minimum Gasteiger partial charge on any atom is -0.479 e. The van der Waals surface area contributed by atoms with Crippen LogP contribution in [0.2, 0.25) is 0 Å². The van der Waals surface area contributed by atoms with Gasteiger partial charge in [-0.2, -0.15) is 0 Å². The van der Waals surface area contributed by atoms with Gasteiger partial charge in [-0.05, 0) is 11.6 Å². The molecule has 1 heterocycles. The zero-order valence-electron chi connectivity index (χ0n) is 9.08. The summed E-state index contributed by atoms with van der Waals surface area (Å²) < 4.78 is 9.59. The normalized spacial score (nSPS) is 10.0. The smallest absolute Gasteiger partial charge is 0.290 e. The molecule has 1 N–H and O–H groups in total. The second-order valence-electron chi connectivity index (χ2n) is 3.20. The van der Waals surface area contributed by atoms with Crippen LogP contribution in [0, 0.1) is 0 Å². The Morgan fingerprint density at radius 3 is 3.00 bits per heavy atom. The van der Waals surface area contributed by atoms with E-state index >= 15 is 0 Å². The summed E-state index contributed by atoms with van der Waals surface area (Å²) >= 11 is 0. The number of carbonyl (C=O) groups is 1. The van der Waals surface area contributed by atoms with Crippen LogP contribution < -0.4 is 10.1 Å². The third-order valence-electron chi connectivity index (χ3n) is 1.99. The number of methoxy groups -OCH3 is 1. The van der Waals surface area contributed by atoms with E-state index in [0.29, 0.717) is 12.4 Å². The standard InChI is InChI=1S/C10H16N2O3/c1-3-4-5-6-11-10(13)8-7-9(14-2)12-15-8/h7H,3-6H2,1-2H3,(H,11,13). The quantitative estimate of drug-likeness (QED) is 0.727. The Balaban J connectivity index is 2.33. The third kappa shape index (κ3) is 3.61. The van der Waals surface area contributed by atoms with Gasteiger partial charge >= 0.3 is 0 Å². The highest BCUT2D eigenvalue weighted by molar-refractivity contribution is 5.91. The maximum atomic E-state index is 11.4. The molecule has 0 saturated carbocycles. The highest BCUT2D eigenvalue weighted by atomic mass is 16.5. The van der Waals surface area contributed by atoms with Crippen molar-refractivity contribution < 1.29 is 14.1 Å². The van der Waals surface area contributed by atoms with Gasteiger partial charge in [-0.25, -0.2) is 0 Å². The lowest BCUT2D eigenvalue weighted by Crippen LogP contribution is -2.23. The molecule has 0 radical (unpaired) electrons. The van der Waals surface area contributed by atoms with E-state index in [1.54, 1.807) is 0 Å². The van der Waals surface area contributed by atoms with Crippen molar-refractivity contribution in [3.8, 4) is 5.88 Å². The van der Waals surface area contributed by atoms with Gasteiger partial charge in [-0.1, -0.05) is 19.8 Å². The Labute approximate surface area is 88.8 Å². The zero-order valence-corrected chi connectivity index (χ0v) is 9.08. The Bertz CT molecular complexity index is 309. The van der Waals surface area contributed by atoms with Crippen LogP contribution in [0.25, 0.3) is 0 Å². The van der Waals surface area contributed by atoms with Crippen molar-refractivity contribution in [3.63, 3.8) is 0 Å². The van der Waals surface area contributed by atoms with Crippen LogP contribution in [0.4, 0.5) is 0 Å². The first-order chi connectivity index (χ1) is 7.27. The molecule has 5 heteroatoms. The predicted molar refractivity (Wildman–Crippen MR) is 54.9 cm³/mol. The average Bonchev–Trinajstić information content (AvgIpc) is 2.72. The lowest BCUT2D eigenvalue weighted by atomic mass is 10.2. The second-order valence-corrected chi connectivity index (χ2v) is 3.20. The summed E-state index contributed by atoms with van der Waals surface area (Å²) in [4.78, 5) is 11.4. The van der Waals surface area contributed by atoms with E-state index in [2.05, 4.69) is 17.4 Å². The lowest BCUT2D eigenvalue weighted by Gasteiger charge is -2.00. The van der Waals surface area contributed by atoms with Crippen molar-refractivity contribution in [2.75, 3.05) is 13.7 Å².